The van der Waals surface area contributed by atoms with E-state index in [-0.39, 0.29) is 11.8 Å². The van der Waals surface area contributed by atoms with Crippen molar-refractivity contribution in [3.05, 3.63) is 22.3 Å². The largest absolute Gasteiger partial charge is 0.481 e. The van der Waals surface area contributed by atoms with Gasteiger partial charge in [0.25, 0.3) is 0 Å². The number of hydrogen-bond donors (Lipinski definition) is 2. The lowest BCUT2D eigenvalue weighted by Gasteiger charge is -2.25. The Kier molecular flexibility index (Phi) is 4.75. The van der Waals surface area contributed by atoms with Crippen molar-refractivity contribution in [1.29, 1.82) is 0 Å². The summed E-state index contributed by atoms with van der Waals surface area (Å²) in [4.78, 5) is 27.5. The average molecular weight is 341 g/mol. The highest BCUT2D eigenvalue weighted by molar-refractivity contribution is 9.10. The van der Waals surface area contributed by atoms with E-state index >= 15 is 0 Å². The number of halogens is 1. The zero-order valence-corrected chi connectivity index (χ0v) is 12.8. The number of carboxylic acids is 1. The second-order valence-corrected chi connectivity index (χ2v) is 6.01. The van der Waals surface area contributed by atoms with Crippen LogP contribution in [0.3, 0.4) is 0 Å². The molecule has 2 unspecified atom stereocenters. The summed E-state index contributed by atoms with van der Waals surface area (Å²) in [7, 11) is 0. The molecule has 5 nitrogen and oxygen atoms in total. The second-order valence-electron chi connectivity index (χ2n) is 5.15. The highest BCUT2D eigenvalue weighted by Gasteiger charge is 2.31. The number of anilines is 1. The molecule has 1 saturated carbocycles. The van der Waals surface area contributed by atoms with Crippen LogP contribution in [-0.2, 0) is 9.59 Å². The molecule has 1 aliphatic carbocycles. The minimum absolute atomic E-state index is 0.134. The number of aliphatic carboxylic acids is 1. The maximum Gasteiger partial charge on any atom is 0.306 e. The quantitative estimate of drug-likeness (QED) is 0.886. The first kappa shape index (κ1) is 15.0. The number of hydrogen-bond acceptors (Lipinski definition) is 3. The second kappa shape index (κ2) is 6.35. The van der Waals surface area contributed by atoms with Gasteiger partial charge in [0.15, 0.2) is 0 Å². The molecule has 0 saturated heterocycles. The highest BCUT2D eigenvalue weighted by atomic mass is 79.9. The van der Waals surface area contributed by atoms with Crippen LogP contribution >= 0.6 is 15.9 Å². The van der Waals surface area contributed by atoms with E-state index in [1.165, 1.54) is 0 Å². The van der Waals surface area contributed by atoms with Gasteiger partial charge >= 0.3 is 5.97 Å². The number of nitrogens with one attached hydrogen (secondary N) is 1. The minimum Gasteiger partial charge on any atom is -0.481 e. The number of rotatable bonds is 3. The van der Waals surface area contributed by atoms with E-state index in [0.717, 1.165) is 23.0 Å². The third kappa shape index (κ3) is 3.56. The van der Waals surface area contributed by atoms with E-state index in [9.17, 15) is 9.59 Å². The number of carboxylic acid groups (broad SMARTS) is 1. The molecular weight excluding hydrogens is 324 g/mol. The monoisotopic (exact) mass is 340 g/mol. The summed E-state index contributed by atoms with van der Waals surface area (Å²) in [6.45, 7) is 1.85. The van der Waals surface area contributed by atoms with Crippen LogP contribution in [0.4, 0.5) is 5.82 Å². The number of aromatic nitrogens is 1. The maximum absolute atomic E-state index is 12.2. The molecule has 0 spiro atoms. The Morgan fingerprint density at radius 1 is 1.35 bits per heavy atom. The Bertz CT molecular complexity index is 533. The van der Waals surface area contributed by atoms with E-state index in [0.29, 0.717) is 18.7 Å². The van der Waals surface area contributed by atoms with Gasteiger partial charge in [0.05, 0.1) is 11.6 Å². The molecular formula is C14H17BrN2O3. The van der Waals surface area contributed by atoms with Crippen molar-refractivity contribution < 1.29 is 14.7 Å². The van der Waals surface area contributed by atoms with Crippen LogP contribution in [0.2, 0.25) is 0 Å². The predicted octanol–water partition coefficient (Wildman–Crippen LogP) is 2.98. The number of pyridine rings is 1. The summed E-state index contributed by atoms with van der Waals surface area (Å²) in [6, 6.07) is 3.56. The van der Waals surface area contributed by atoms with Crippen molar-refractivity contribution in [2.24, 2.45) is 11.8 Å². The summed E-state index contributed by atoms with van der Waals surface area (Å²) in [5.74, 6) is -1.08. The van der Waals surface area contributed by atoms with Crippen molar-refractivity contribution in [3.8, 4) is 0 Å². The molecule has 0 aliphatic heterocycles. The Balaban J connectivity index is 2.00. The summed E-state index contributed by atoms with van der Waals surface area (Å²) in [5, 5.41) is 11.8. The highest BCUT2D eigenvalue weighted by Crippen LogP contribution is 2.30. The van der Waals surface area contributed by atoms with Crippen LogP contribution in [0.25, 0.3) is 0 Å². The lowest BCUT2D eigenvalue weighted by molar-refractivity contribution is -0.143. The first-order chi connectivity index (χ1) is 9.47. The zero-order valence-electron chi connectivity index (χ0n) is 11.2. The summed E-state index contributed by atoms with van der Waals surface area (Å²) in [6.07, 6.45) is 2.60. The number of aryl methyl sites for hydroxylation is 1. The number of carbonyl (C=O) groups excluding carboxylic acids is 1. The molecule has 2 N–H and O–H groups in total. The number of amides is 1. The lowest BCUT2D eigenvalue weighted by Crippen LogP contribution is -2.31. The van der Waals surface area contributed by atoms with Crippen molar-refractivity contribution in [1.82, 2.24) is 4.98 Å². The van der Waals surface area contributed by atoms with Crippen LogP contribution in [0, 0.1) is 18.8 Å². The third-order valence-corrected chi connectivity index (χ3v) is 4.50. The Labute approximate surface area is 125 Å². The molecule has 1 aromatic heterocycles. The molecule has 0 bridgehead atoms. The van der Waals surface area contributed by atoms with Crippen LogP contribution in [0.1, 0.15) is 31.4 Å². The van der Waals surface area contributed by atoms with Crippen molar-refractivity contribution >= 4 is 33.6 Å². The Morgan fingerprint density at radius 3 is 2.70 bits per heavy atom. The van der Waals surface area contributed by atoms with E-state index in [1.54, 1.807) is 6.07 Å². The standard InChI is InChI=1S/C14H17BrN2O3/c1-8-11(15)5-6-12(16-8)17-13(18)9-3-2-4-10(7-9)14(19)20/h5-6,9-10H,2-4,7H2,1H3,(H,19,20)(H,16,17,18). The molecule has 1 amide bonds. The predicted molar refractivity (Wildman–Crippen MR) is 78.4 cm³/mol. The van der Waals surface area contributed by atoms with Gasteiger partial charge in [-0.3, -0.25) is 9.59 Å². The van der Waals surface area contributed by atoms with Crippen LogP contribution in [0.15, 0.2) is 16.6 Å². The van der Waals surface area contributed by atoms with Crippen molar-refractivity contribution in [3.63, 3.8) is 0 Å². The smallest absolute Gasteiger partial charge is 0.306 e. The molecule has 1 aromatic rings. The number of carbonyl (C=O) groups is 2. The van der Waals surface area contributed by atoms with Crippen LogP contribution in [0.5, 0.6) is 0 Å². The zero-order chi connectivity index (χ0) is 14.7. The van der Waals surface area contributed by atoms with E-state index in [2.05, 4.69) is 26.2 Å². The fourth-order valence-electron chi connectivity index (χ4n) is 2.49. The van der Waals surface area contributed by atoms with Gasteiger partial charge in [-0.25, -0.2) is 4.98 Å². The van der Waals surface area contributed by atoms with Crippen LogP contribution in [-0.4, -0.2) is 22.0 Å². The molecule has 6 heteroatoms. The fraction of sp³-hybridized carbons (Fsp3) is 0.500. The first-order valence-electron chi connectivity index (χ1n) is 6.64. The van der Waals surface area contributed by atoms with Gasteiger partial charge in [-0.15, -0.1) is 0 Å². The fourth-order valence-corrected chi connectivity index (χ4v) is 2.72. The Morgan fingerprint density at radius 2 is 2.05 bits per heavy atom. The van der Waals surface area contributed by atoms with Gasteiger partial charge in [-0.05, 0) is 54.2 Å². The van der Waals surface area contributed by atoms with Gasteiger partial charge in [-0.2, -0.15) is 0 Å². The molecule has 108 valence electrons. The Hall–Kier alpha value is -1.43. The molecule has 0 radical (unpaired) electrons. The molecule has 0 aromatic carbocycles. The molecule has 1 fully saturated rings. The van der Waals surface area contributed by atoms with Gasteiger partial charge in [0.2, 0.25) is 5.91 Å². The average Bonchev–Trinajstić information content (AvgIpc) is 2.43. The summed E-state index contributed by atoms with van der Waals surface area (Å²) in [5.41, 5.74) is 0.801. The maximum atomic E-state index is 12.2. The normalized spacial score (nSPS) is 22.3. The van der Waals surface area contributed by atoms with E-state index in [4.69, 9.17) is 5.11 Å². The molecule has 1 aliphatic rings. The summed E-state index contributed by atoms with van der Waals surface area (Å²) < 4.78 is 0.888. The minimum atomic E-state index is -0.805. The molecule has 2 rings (SSSR count). The SMILES string of the molecule is Cc1nc(NC(=O)C2CCCC(C(=O)O)C2)ccc1Br. The van der Waals surface area contributed by atoms with Gasteiger partial charge in [-0.1, -0.05) is 6.42 Å². The van der Waals surface area contributed by atoms with E-state index in [1.807, 2.05) is 13.0 Å². The van der Waals surface area contributed by atoms with Gasteiger partial charge in [0, 0.05) is 10.4 Å². The first-order valence-corrected chi connectivity index (χ1v) is 7.43. The molecule has 1 heterocycles. The molecule has 2 atom stereocenters. The van der Waals surface area contributed by atoms with Crippen molar-refractivity contribution in [2.45, 2.75) is 32.6 Å². The summed E-state index contributed by atoms with van der Waals surface area (Å²) >= 11 is 3.36. The molecule has 20 heavy (non-hydrogen) atoms. The topological polar surface area (TPSA) is 79.3 Å². The van der Waals surface area contributed by atoms with Crippen LogP contribution < -0.4 is 5.32 Å². The lowest BCUT2D eigenvalue weighted by atomic mass is 9.81. The van der Waals surface area contributed by atoms with Gasteiger partial charge < -0.3 is 10.4 Å². The van der Waals surface area contributed by atoms with E-state index < -0.39 is 11.9 Å². The number of nitrogens with zero attached hydrogens (tertiary/aromatic N) is 1. The van der Waals surface area contributed by atoms with Gasteiger partial charge in [0.1, 0.15) is 5.82 Å². The van der Waals surface area contributed by atoms with Crippen molar-refractivity contribution in [2.75, 3.05) is 5.32 Å². The third-order valence-electron chi connectivity index (χ3n) is 3.67.